The van der Waals surface area contributed by atoms with Crippen LogP contribution in [0.15, 0.2) is 65.7 Å². The highest BCUT2D eigenvalue weighted by Crippen LogP contribution is 2.27. The lowest BCUT2D eigenvalue weighted by molar-refractivity contribution is 0.0935. The second kappa shape index (κ2) is 9.62. The highest BCUT2D eigenvalue weighted by Gasteiger charge is 2.21. The fourth-order valence-electron chi connectivity index (χ4n) is 3.89. The number of carbonyl (C=O) groups excluding carboxylic acids is 1. The number of carbonyl (C=O) groups is 1. The van der Waals surface area contributed by atoms with E-state index < -0.39 is 10.0 Å². The van der Waals surface area contributed by atoms with Crippen LogP contribution in [0.25, 0.3) is 0 Å². The molecule has 1 aliphatic carbocycles. The summed E-state index contributed by atoms with van der Waals surface area (Å²) in [7, 11) is -3.72. The van der Waals surface area contributed by atoms with Crippen LogP contribution in [0.4, 0.5) is 5.69 Å². The highest BCUT2D eigenvalue weighted by molar-refractivity contribution is 7.92. The molecule has 3 aromatic rings. The lowest BCUT2D eigenvalue weighted by Crippen LogP contribution is -2.32. The Morgan fingerprint density at radius 3 is 2.48 bits per heavy atom. The van der Waals surface area contributed by atoms with Gasteiger partial charge in [0.1, 0.15) is 11.3 Å². The predicted octanol–water partition coefficient (Wildman–Crippen LogP) is 4.96. The zero-order valence-electron chi connectivity index (χ0n) is 18.7. The molecular formula is C25H27N3O4S. The molecule has 2 aromatic carbocycles. The third-order valence-corrected chi connectivity index (χ3v) is 7.18. The van der Waals surface area contributed by atoms with Crippen molar-refractivity contribution in [2.24, 2.45) is 0 Å². The van der Waals surface area contributed by atoms with Crippen LogP contribution < -0.4 is 14.8 Å². The van der Waals surface area contributed by atoms with Gasteiger partial charge in [-0.25, -0.2) is 13.4 Å². The van der Waals surface area contributed by atoms with Gasteiger partial charge in [-0.05, 0) is 80.3 Å². The first kappa shape index (κ1) is 22.8. The minimum absolute atomic E-state index is 0.190. The number of sulfonamides is 1. The minimum atomic E-state index is -3.72. The fraction of sp³-hybridized carbons (Fsp3) is 0.280. The molecule has 1 heterocycles. The number of aromatic nitrogens is 1. The van der Waals surface area contributed by atoms with E-state index in [0.717, 1.165) is 31.2 Å². The first-order valence-electron chi connectivity index (χ1n) is 11.0. The number of aryl methyl sites for hydroxylation is 2. The van der Waals surface area contributed by atoms with E-state index in [9.17, 15) is 13.2 Å². The zero-order chi connectivity index (χ0) is 23.4. The van der Waals surface area contributed by atoms with Crippen LogP contribution in [0, 0.1) is 13.8 Å². The number of benzene rings is 2. The molecule has 8 heteroatoms. The van der Waals surface area contributed by atoms with E-state index in [2.05, 4.69) is 15.0 Å². The third-order valence-electron chi connectivity index (χ3n) is 5.66. The molecule has 0 aliphatic heterocycles. The Kier molecular flexibility index (Phi) is 6.65. The number of amides is 1. The van der Waals surface area contributed by atoms with E-state index in [0.29, 0.717) is 22.6 Å². The number of hydrogen-bond acceptors (Lipinski definition) is 5. The molecule has 0 bridgehead atoms. The highest BCUT2D eigenvalue weighted by atomic mass is 32.2. The molecule has 1 aliphatic rings. The normalized spacial score (nSPS) is 14.1. The fourth-order valence-corrected chi connectivity index (χ4v) is 5.28. The lowest BCUT2D eigenvalue weighted by atomic mass is 10.2. The van der Waals surface area contributed by atoms with Crippen molar-refractivity contribution in [3.05, 3.63) is 77.5 Å². The van der Waals surface area contributed by atoms with Crippen molar-refractivity contribution < 1.29 is 17.9 Å². The van der Waals surface area contributed by atoms with E-state index in [-0.39, 0.29) is 22.7 Å². The molecule has 2 N–H and O–H groups in total. The summed E-state index contributed by atoms with van der Waals surface area (Å²) >= 11 is 0. The Morgan fingerprint density at radius 1 is 1.03 bits per heavy atom. The topological polar surface area (TPSA) is 97.4 Å². The smallest absolute Gasteiger partial charge is 0.262 e. The van der Waals surface area contributed by atoms with Gasteiger partial charge in [-0.2, -0.15) is 0 Å². The maximum atomic E-state index is 12.8. The first-order chi connectivity index (χ1) is 15.8. The minimum Gasteiger partial charge on any atom is -0.438 e. The summed E-state index contributed by atoms with van der Waals surface area (Å²) in [5.74, 6) is 0.443. The maximum absolute atomic E-state index is 12.8. The monoisotopic (exact) mass is 465 g/mol. The van der Waals surface area contributed by atoms with Gasteiger partial charge in [-0.15, -0.1) is 0 Å². The number of ether oxygens (including phenoxy) is 1. The number of nitrogens with zero attached hydrogens (tertiary/aromatic N) is 1. The molecule has 0 unspecified atom stereocenters. The van der Waals surface area contributed by atoms with Crippen LogP contribution in [0.3, 0.4) is 0 Å². The molecule has 1 fully saturated rings. The van der Waals surface area contributed by atoms with E-state index in [1.54, 1.807) is 61.7 Å². The number of pyridine rings is 1. The van der Waals surface area contributed by atoms with Gasteiger partial charge in [0.2, 0.25) is 5.88 Å². The Labute approximate surface area is 194 Å². The van der Waals surface area contributed by atoms with Gasteiger partial charge in [-0.3, -0.25) is 9.52 Å². The average Bonchev–Trinajstić information content (AvgIpc) is 3.30. The van der Waals surface area contributed by atoms with Crippen molar-refractivity contribution in [2.75, 3.05) is 4.72 Å². The first-order valence-corrected chi connectivity index (χ1v) is 12.4. The molecule has 1 amide bonds. The van der Waals surface area contributed by atoms with E-state index >= 15 is 0 Å². The van der Waals surface area contributed by atoms with Crippen molar-refractivity contribution in [1.82, 2.24) is 10.3 Å². The van der Waals surface area contributed by atoms with Gasteiger partial charge < -0.3 is 10.1 Å². The second-order valence-corrected chi connectivity index (χ2v) is 9.96. The number of hydrogen-bond donors (Lipinski definition) is 2. The number of rotatable bonds is 7. The molecule has 172 valence electrons. The SMILES string of the molecule is Cc1ccc(C)c(S(=O)(=O)Nc2ccc(Oc3ncccc3C(=O)NC3CCCC3)cc2)c1. The molecule has 1 aromatic heterocycles. The van der Waals surface area contributed by atoms with Crippen molar-refractivity contribution in [3.8, 4) is 11.6 Å². The van der Waals surface area contributed by atoms with E-state index in [1.807, 2.05) is 13.0 Å². The molecule has 0 atom stereocenters. The van der Waals surface area contributed by atoms with Crippen LogP contribution in [0.5, 0.6) is 11.6 Å². The largest absolute Gasteiger partial charge is 0.438 e. The lowest BCUT2D eigenvalue weighted by Gasteiger charge is -2.14. The standard InChI is InChI=1S/C25H27N3O4S/c1-17-9-10-18(2)23(16-17)33(30,31)28-20-11-13-21(14-12-20)32-25-22(8-5-15-26-25)24(29)27-19-6-3-4-7-19/h5,8-16,19,28H,3-4,6-7H2,1-2H3,(H,27,29). The van der Waals surface area contributed by atoms with Gasteiger partial charge in [-0.1, -0.05) is 25.0 Å². The summed E-state index contributed by atoms with van der Waals surface area (Å²) in [6.07, 6.45) is 5.79. The number of nitrogens with one attached hydrogen (secondary N) is 2. The van der Waals surface area contributed by atoms with Gasteiger partial charge in [0.15, 0.2) is 0 Å². The van der Waals surface area contributed by atoms with Crippen LogP contribution in [0.1, 0.15) is 47.2 Å². The summed E-state index contributed by atoms with van der Waals surface area (Å²) in [6.45, 7) is 3.61. The summed E-state index contributed by atoms with van der Waals surface area (Å²) < 4.78 is 34.1. The molecule has 0 spiro atoms. The van der Waals surface area contributed by atoms with E-state index in [1.165, 1.54) is 0 Å². The predicted molar refractivity (Wildman–Crippen MR) is 127 cm³/mol. The maximum Gasteiger partial charge on any atom is 0.262 e. The summed E-state index contributed by atoms with van der Waals surface area (Å²) in [5.41, 5.74) is 2.31. The summed E-state index contributed by atoms with van der Waals surface area (Å²) in [5, 5.41) is 3.04. The molecule has 1 saturated carbocycles. The Morgan fingerprint density at radius 2 is 1.76 bits per heavy atom. The zero-order valence-corrected chi connectivity index (χ0v) is 19.5. The van der Waals surface area contributed by atoms with Gasteiger partial charge in [0, 0.05) is 17.9 Å². The molecule has 7 nitrogen and oxygen atoms in total. The third kappa shape index (κ3) is 5.51. The van der Waals surface area contributed by atoms with Crippen molar-refractivity contribution >= 4 is 21.6 Å². The van der Waals surface area contributed by atoms with Gasteiger partial charge >= 0.3 is 0 Å². The average molecular weight is 466 g/mol. The van der Waals surface area contributed by atoms with Gasteiger partial charge in [0.05, 0.1) is 4.90 Å². The molecule has 33 heavy (non-hydrogen) atoms. The molecule has 4 rings (SSSR count). The molecule has 0 radical (unpaired) electrons. The second-order valence-electron chi connectivity index (χ2n) is 8.31. The van der Waals surface area contributed by atoms with Crippen LogP contribution in [0.2, 0.25) is 0 Å². The van der Waals surface area contributed by atoms with Crippen molar-refractivity contribution in [1.29, 1.82) is 0 Å². The Balaban J connectivity index is 1.47. The van der Waals surface area contributed by atoms with Gasteiger partial charge in [0.25, 0.3) is 15.9 Å². The van der Waals surface area contributed by atoms with Crippen LogP contribution in [-0.4, -0.2) is 25.4 Å². The molecular weight excluding hydrogens is 438 g/mol. The summed E-state index contributed by atoms with van der Waals surface area (Å²) in [6, 6.07) is 15.4. The summed E-state index contributed by atoms with van der Waals surface area (Å²) in [4.78, 5) is 17.2. The van der Waals surface area contributed by atoms with E-state index in [4.69, 9.17) is 4.74 Å². The van der Waals surface area contributed by atoms with Crippen molar-refractivity contribution in [2.45, 2.75) is 50.5 Å². The van der Waals surface area contributed by atoms with Crippen molar-refractivity contribution in [3.63, 3.8) is 0 Å². The number of anilines is 1. The Bertz CT molecular complexity index is 1250. The quantitative estimate of drug-likeness (QED) is 0.514. The van der Waals surface area contributed by atoms with Crippen LogP contribution >= 0.6 is 0 Å². The van der Waals surface area contributed by atoms with Crippen LogP contribution in [-0.2, 0) is 10.0 Å². The molecule has 0 saturated heterocycles. The Hall–Kier alpha value is -3.39.